The molecule has 15 heavy (non-hydrogen) atoms. The number of halogens is 2. The van der Waals surface area contributed by atoms with E-state index in [1.165, 1.54) is 11.6 Å². The normalized spacial score (nSPS) is 10.7. The SMILES string of the molecule is Cc1nc([N+](=O)[O-])c(NCC(F)F)n1C. The molecule has 0 unspecified atom stereocenters. The third-order valence-electron chi connectivity index (χ3n) is 1.90. The van der Waals surface area contributed by atoms with Gasteiger partial charge in [-0.3, -0.25) is 4.57 Å². The quantitative estimate of drug-likeness (QED) is 0.613. The summed E-state index contributed by atoms with van der Waals surface area (Å²) in [4.78, 5) is 13.5. The standard InChI is InChI=1S/C7H10F2N4O2/c1-4-11-7(13(14)15)6(12(4)2)10-3-5(8)9/h5,10H,3H2,1-2H3. The number of aryl methyl sites for hydroxylation is 1. The number of alkyl halides is 2. The van der Waals surface area contributed by atoms with Crippen LogP contribution < -0.4 is 5.32 Å². The van der Waals surface area contributed by atoms with Crippen LogP contribution in [0.5, 0.6) is 0 Å². The number of rotatable bonds is 4. The van der Waals surface area contributed by atoms with Crippen molar-refractivity contribution < 1.29 is 13.7 Å². The maximum Gasteiger partial charge on any atom is 0.406 e. The molecule has 0 aliphatic rings. The molecule has 0 amide bonds. The molecule has 0 aromatic carbocycles. The summed E-state index contributed by atoms with van der Waals surface area (Å²) >= 11 is 0. The minimum absolute atomic E-state index is 0.00204. The highest BCUT2D eigenvalue weighted by Crippen LogP contribution is 2.23. The van der Waals surface area contributed by atoms with Gasteiger partial charge in [0.25, 0.3) is 6.43 Å². The van der Waals surface area contributed by atoms with Crippen molar-refractivity contribution in [3.63, 3.8) is 0 Å². The number of anilines is 1. The van der Waals surface area contributed by atoms with Crippen molar-refractivity contribution in [3.8, 4) is 0 Å². The summed E-state index contributed by atoms with van der Waals surface area (Å²) in [7, 11) is 1.52. The van der Waals surface area contributed by atoms with Crippen LogP contribution in [-0.2, 0) is 7.05 Å². The summed E-state index contributed by atoms with van der Waals surface area (Å²) in [5.74, 6) is -0.0492. The molecule has 84 valence electrons. The average Bonchev–Trinajstić information content (AvgIpc) is 2.41. The number of hydrogen-bond acceptors (Lipinski definition) is 4. The lowest BCUT2D eigenvalue weighted by Gasteiger charge is -2.05. The van der Waals surface area contributed by atoms with Gasteiger partial charge in [0.1, 0.15) is 0 Å². The molecule has 0 atom stereocenters. The lowest BCUT2D eigenvalue weighted by atomic mass is 10.5. The van der Waals surface area contributed by atoms with Gasteiger partial charge < -0.3 is 15.4 Å². The molecule has 6 nitrogen and oxygen atoms in total. The van der Waals surface area contributed by atoms with Gasteiger partial charge in [0.2, 0.25) is 11.6 Å². The van der Waals surface area contributed by atoms with Crippen molar-refractivity contribution in [2.75, 3.05) is 11.9 Å². The second-order valence-electron chi connectivity index (χ2n) is 2.92. The number of hydrogen-bond donors (Lipinski definition) is 1. The van der Waals surface area contributed by atoms with Gasteiger partial charge in [0.15, 0.2) is 0 Å². The Morgan fingerprint density at radius 2 is 2.27 bits per heavy atom. The van der Waals surface area contributed by atoms with E-state index < -0.39 is 23.7 Å². The molecule has 0 saturated heterocycles. The van der Waals surface area contributed by atoms with Crippen LogP contribution in [0.25, 0.3) is 0 Å². The third-order valence-corrected chi connectivity index (χ3v) is 1.90. The van der Waals surface area contributed by atoms with Gasteiger partial charge in [-0.05, 0) is 9.91 Å². The summed E-state index contributed by atoms with van der Waals surface area (Å²) in [6.07, 6.45) is -2.57. The first-order valence-electron chi connectivity index (χ1n) is 4.13. The zero-order chi connectivity index (χ0) is 11.6. The predicted molar refractivity (Wildman–Crippen MR) is 49.1 cm³/mol. The summed E-state index contributed by atoms with van der Waals surface area (Å²) in [6.45, 7) is 0.917. The molecule has 1 aromatic heterocycles. The Kier molecular flexibility index (Phi) is 3.17. The van der Waals surface area contributed by atoms with Gasteiger partial charge in [-0.1, -0.05) is 0 Å². The number of aromatic nitrogens is 2. The minimum atomic E-state index is -2.57. The summed E-state index contributed by atoms with van der Waals surface area (Å²) < 4.78 is 25.2. The molecule has 0 bridgehead atoms. The maximum atomic E-state index is 11.9. The highest BCUT2D eigenvalue weighted by Gasteiger charge is 2.23. The Hall–Kier alpha value is -1.73. The largest absolute Gasteiger partial charge is 0.406 e. The average molecular weight is 220 g/mol. The van der Waals surface area contributed by atoms with Crippen LogP contribution in [0.3, 0.4) is 0 Å². The molecule has 1 aromatic rings. The second kappa shape index (κ2) is 4.20. The number of nitro groups is 1. The highest BCUT2D eigenvalue weighted by molar-refractivity contribution is 5.53. The zero-order valence-electron chi connectivity index (χ0n) is 8.20. The van der Waals surface area contributed by atoms with Crippen molar-refractivity contribution >= 4 is 11.6 Å². The Bertz CT molecular complexity index is 377. The van der Waals surface area contributed by atoms with E-state index in [1.807, 2.05) is 0 Å². The summed E-state index contributed by atoms with van der Waals surface area (Å²) in [5, 5.41) is 12.8. The first-order chi connectivity index (χ1) is 6.93. The van der Waals surface area contributed by atoms with Crippen LogP contribution in [-0.4, -0.2) is 27.4 Å². The molecule has 0 aliphatic carbocycles. The van der Waals surface area contributed by atoms with E-state index in [1.54, 1.807) is 6.92 Å². The summed E-state index contributed by atoms with van der Waals surface area (Å²) in [6, 6.07) is 0. The Morgan fingerprint density at radius 1 is 1.67 bits per heavy atom. The van der Waals surface area contributed by atoms with Crippen LogP contribution in [0.15, 0.2) is 0 Å². The van der Waals surface area contributed by atoms with Crippen molar-refractivity contribution in [3.05, 3.63) is 15.9 Å². The lowest BCUT2D eigenvalue weighted by molar-refractivity contribution is -0.388. The molecule has 1 N–H and O–H groups in total. The molecule has 0 spiro atoms. The topological polar surface area (TPSA) is 73.0 Å². The number of nitrogens with one attached hydrogen (secondary N) is 1. The van der Waals surface area contributed by atoms with E-state index in [9.17, 15) is 18.9 Å². The maximum absolute atomic E-state index is 11.9. The Labute approximate surface area is 84.1 Å². The van der Waals surface area contributed by atoms with Crippen LogP contribution in [0.4, 0.5) is 20.4 Å². The van der Waals surface area contributed by atoms with Gasteiger partial charge in [-0.15, -0.1) is 0 Å². The van der Waals surface area contributed by atoms with Crippen LogP contribution >= 0.6 is 0 Å². The zero-order valence-corrected chi connectivity index (χ0v) is 8.20. The smallest absolute Gasteiger partial charge is 0.359 e. The fraction of sp³-hybridized carbons (Fsp3) is 0.571. The highest BCUT2D eigenvalue weighted by atomic mass is 19.3. The Balaban J connectivity index is 2.98. The van der Waals surface area contributed by atoms with Gasteiger partial charge in [-0.2, -0.15) is 0 Å². The van der Waals surface area contributed by atoms with Crippen molar-refractivity contribution in [1.29, 1.82) is 0 Å². The van der Waals surface area contributed by atoms with E-state index in [-0.39, 0.29) is 5.82 Å². The van der Waals surface area contributed by atoms with Crippen molar-refractivity contribution in [2.45, 2.75) is 13.3 Å². The van der Waals surface area contributed by atoms with Crippen LogP contribution in [0, 0.1) is 17.0 Å². The molecule has 0 radical (unpaired) electrons. The molecular formula is C7H10F2N4O2. The number of nitrogens with zero attached hydrogens (tertiary/aromatic N) is 3. The van der Waals surface area contributed by atoms with Gasteiger partial charge >= 0.3 is 5.82 Å². The van der Waals surface area contributed by atoms with Gasteiger partial charge in [0, 0.05) is 14.0 Å². The van der Waals surface area contributed by atoms with E-state index >= 15 is 0 Å². The third kappa shape index (κ3) is 2.39. The molecule has 1 heterocycles. The Morgan fingerprint density at radius 3 is 2.73 bits per heavy atom. The van der Waals surface area contributed by atoms with E-state index in [0.717, 1.165) is 0 Å². The van der Waals surface area contributed by atoms with E-state index in [0.29, 0.717) is 5.82 Å². The first kappa shape index (κ1) is 11.3. The molecule has 8 heteroatoms. The lowest BCUT2D eigenvalue weighted by Crippen LogP contribution is -2.13. The summed E-state index contributed by atoms with van der Waals surface area (Å²) in [5.41, 5.74) is 0. The molecule has 0 saturated carbocycles. The van der Waals surface area contributed by atoms with Crippen molar-refractivity contribution in [1.82, 2.24) is 9.55 Å². The number of imidazole rings is 1. The molecule has 0 fully saturated rings. The predicted octanol–water partition coefficient (Wildman–Crippen LogP) is 1.31. The molecule has 1 rings (SSSR count). The molecule has 0 aliphatic heterocycles. The van der Waals surface area contributed by atoms with E-state index in [2.05, 4.69) is 10.3 Å². The first-order valence-corrected chi connectivity index (χ1v) is 4.13. The monoisotopic (exact) mass is 220 g/mol. The van der Waals surface area contributed by atoms with Crippen molar-refractivity contribution in [2.24, 2.45) is 7.05 Å². The fourth-order valence-electron chi connectivity index (χ4n) is 1.09. The van der Waals surface area contributed by atoms with Gasteiger partial charge in [0.05, 0.1) is 6.54 Å². The van der Waals surface area contributed by atoms with Crippen LogP contribution in [0.2, 0.25) is 0 Å². The second-order valence-corrected chi connectivity index (χ2v) is 2.92. The van der Waals surface area contributed by atoms with E-state index in [4.69, 9.17) is 0 Å². The van der Waals surface area contributed by atoms with Gasteiger partial charge in [-0.25, -0.2) is 8.78 Å². The molecular weight excluding hydrogens is 210 g/mol. The van der Waals surface area contributed by atoms with Crippen LogP contribution in [0.1, 0.15) is 5.82 Å². The fourth-order valence-corrected chi connectivity index (χ4v) is 1.09. The minimum Gasteiger partial charge on any atom is -0.359 e.